The van der Waals surface area contributed by atoms with Crippen LogP contribution in [0.2, 0.25) is 0 Å². The number of rotatable bonds is 2. The zero-order chi connectivity index (χ0) is 14.5. The van der Waals surface area contributed by atoms with E-state index in [1.165, 1.54) is 6.38 Å². The smallest absolute Gasteiger partial charge is 0.335 e. The molecular formula is C15H19ClN2O2. The first-order valence-electron chi connectivity index (χ1n) is 6.68. The van der Waals surface area contributed by atoms with Crippen molar-refractivity contribution in [2.24, 2.45) is 0 Å². The summed E-state index contributed by atoms with van der Waals surface area (Å²) in [4.78, 5) is 11.0. The Morgan fingerprint density at radius 1 is 1.30 bits per heavy atom. The molecule has 0 atom stereocenters. The highest BCUT2D eigenvalue weighted by Crippen LogP contribution is 2.26. The summed E-state index contributed by atoms with van der Waals surface area (Å²) in [5.74, 6) is -0.866. The van der Waals surface area contributed by atoms with E-state index in [4.69, 9.17) is 5.11 Å². The summed E-state index contributed by atoms with van der Waals surface area (Å²) in [6.07, 6.45) is 5.74. The third-order valence-corrected chi connectivity index (χ3v) is 3.67. The number of fused-ring (bicyclic) bond motifs is 1. The van der Waals surface area contributed by atoms with Crippen molar-refractivity contribution in [1.29, 1.82) is 0 Å². The second-order valence-corrected chi connectivity index (χ2v) is 4.78. The fourth-order valence-corrected chi connectivity index (χ4v) is 2.69. The summed E-state index contributed by atoms with van der Waals surface area (Å²) >= 11 is 4.64. The minimum absolute atomic E-state index is 0.358. The largest absolute Gasteiger partial charge is 0.478 e. The van der Waals surface area contributed by atoms with Crippen molar-refractivity contribution >= 4 is 28.5 Å². The molecule has 1 aromatic carbocycles. The minimum Gasteiger partial charge on any atom is -0.478 e. The van der Waals surface area contributed by atoms with Gasteiger partial charge in [-0.05, 0) is 49.5 Å². The minimum atomic E-state index is -0.866. The monoisotopic (exact) mass is 294 g/mol. The zero-order valence-corrected chi connectivity index (χ0v) is 12.2. The Morgan fingerprint density at radius 2 is 2.00 bits per heavy atom. The Labute approximate surface area is 123 Å². The van der Waals surface area contributed by atoms with Gasteiger partial charge in [0.2, 0.25) is 0 Å². The number of benzene rings is 1. The molecule has 0 amide bonds. The van der Waals surface area contributed by atoms with Crippen LogP contribution in [0.4, 0.5) is 0 Å². The van der Waals surface area contributed by atoms with E-state index in [9.17, 15) is 4.79 Å². The van der Waals surface area contributed by atoms with Gasteiger partial charge in [0.15, 0.2) is 0 Å². The fraction of sp³-hybridized carbons (Fsp3) is 0.400. The number of carbonyl (C=O) groups is 1. The van der Waals surface area contributed by atoms with Crippen LogP contribution in [0.25, 0.3) is 10.9 Å². The lowest BCUT2D eigenvalue weighted by atomic mass is 10.1. The Kier molecular flexibility index (Phi) is 5.04. The molecule has 5 heteroatoms. The average molecular weight is 295 g/mol. The predicted octanol–water partition coefficient (Wildman–Crippen LogP) is 3.12. The van der Waals surface area contributed by atoms with Crippen LogP contribution in [0.5, 0.6) is 0 Å². The van der Waals surface area contributed by atoms with Crippen molar-refractivity contribution in [3.05, 3.63) is 36.0 Å². The molecule has 3 rings (SSSR count). The van der Waals surface area contributed by atoms with Gasteiger partial charge in [0, 0.05) is 24.1 Å². The number of aromatic nitrogens is 1. The molecule has 1 aliphatic rings. The van der Waals surface area contributed by atoms with Gasteiger partial charge in [0.1, 0.15) is 0 Å². The van der Waals surface area contributed by atoms with Gasteiger partial charge in [0.05, 0.1) is 5.56 Å². The van der Waals surface area contributed by atoms with Crippen LogP contribution in [0.15, 0.2) is 30.5 Å². The van der Waals surface area contributed by atoms with Gasteiger partial charge in [-0.25, -0.2) is 4.79 Å². The van der Waals surface area contributed by atoms with Crippen LogP contribution in [-0.4, -0.2) is 35.1 Å². The van der Waals surface area contributed by atoms with E-state index in [2.05, 4.69) is 33.7 Å². The molecule has 2 N–H and O–H groups in total. The van der Waals surface area contributed by atoms with E-state index >= 15 is 0 Å². The molecule has 2 heterocycles. The number of halogens is 1. The molecule has 0 spiro atoms. The third-order valence-electron chi connectivity index (χ3n) is 3.67. The Balaban J connectivity index is 0.000000704. The van der Waals surface area contributed by atoms with E-state index in [0.717, 1.165) is 36.8 Å². The molecule has 0 bridgehead atoms. The van der Waals surface area contributed by atoms with Gasteiger partial charge in [0.25, 0.3) is 0 Å². The number of hydrogen-bond acceptors (Lipinski definition) is 2. The van der Waals surface area contributed by atoms with E-state index in [-0.39, 0.29) is 0 Å². The van der Waals surface area contributed by atoms with Crippen LogP contribution in [0.1, 0.15) is 29.2 Å². The maximum absolute atomic E-state index is 11.0. The van der Waals surface area contributed by atoms with Crippen LogP contribution < -0.4 is 5.32 Å². The molecule has 20 heavy (non-hydrogen) atoms. The van der Waals surface area contributed by atoms with Gasteiger partial charge in [-0.2, -0.15) is 0 Å². The van der Waals surface area contributed by atoms with Crippen molar-refractivity contribution in [2.45, 2.75) is 18.9 Å². The lowest BCUT2D eigenvalue weighted by molar-refractivity contribution is 0.0697. The number of piperidine rings is 1. The first-order valence-corrected chi connectivity index (χ1v) is 7.44. The van der Waals surface area contributed by atoms with E-state index in [1.807, 2.05) is 6.07 Å². The highest BCUT2D eigenvalue weighted by Gasteiger charge is 2.16. The topological polar surface area (TPSA) is 54.3 Å². The molecule has 1 fully saturated rings. The summed E-state index contributed by atoms with van der Waals surface area (Å²) in [7, 11) is 0. The fourth-order valence-electron chi connectivity index (χ4n) is 2.69. The van der Waals surface area contributed by atoms with Crippen molar-refractivity contribution in [2.75, 3.05) is 19.5 Å². The predicted molar refractivity (Wildman–Crippen MR) is 81.8 cm³/mol. The average Bonchev–Trinajstić information content (AvgIpc) is 2.93. The first kappa shape index (κ1) is 14.9. The van der Waals surface area contributed by atoms with E-state index in [1.54, 1.807) is 12.1 Å². The molecule has 4 nitrogen and oxygen atoms in total. The van der Waals surface area contributed by atoms with Gasteiger partial charge >= 0.3 is 5.97 Å². The van der Waals surface area contributed by atoms with Crippen LogP contribution >= 0.6 is 11.6 Å². The second-order valence-electron chi connectivity index (χ2n) is 4.78. The molecule has 0 aliphatic carbocycles. The van der Waals surface area contributed by atoms with Gasteiger partial charge < -0.3 is 15.0 Å². The number of hydrogen-bond donors (Lipinski definition) is 2. The second kappa shape index (κ2) is 6.77. The van der Waals surface area contributed by atoms with Crippen molar-refractivity contribution in [1.82, 2.24) is 9.88 Å². The number of carboxylic acid groups (broad SMARTS) is 1. The van der Waals surface area contributed by atoms with Crippen LogP contribution in [-0.2, 0) is 0 Å². The zero-order valence-electron chi connectivity index (χ0n) is 11.5. The van der Waals surface area contributed by atoms with Crippen LogP contribution in [0.3, 0.4) is 0 Å². The molecule has 2 aromatic rings. The lowest BCUT2D eigenvalue weighted by Gasteiger charge is -2.25. The molecule has 108 valence electrons. The summed E-state index contributed by atoms with van der Waals surface area (Å²) in [5, 5.41) is 13.5. The van der Waals surface area contributed by atoms with E-state index in [0.29, 0.717) is 11.6 Å². The standard InChI is InChI=1S/C14H16N2O2.CH3Cl/c17-14(18)11-2-1-10-5-8-16(13(10)9-11)12-3-6-15-7-4-12;1-2/h1-2,5,8-9,12,15H,3-4,6-7H2,(H,17,18);1H3. The van der Waals surface area contributed by atoms with Crippen molar-refractivity contribution < 1.29 is 9.90 Å². The number of alkyl halides is 1. The molecule has 0 saturated carbocycles. The van der Waals surface area contributed by atoms with Crippen LogP contribution in [0, 0.1) is 0 Å². The molecule has 0 radical (unpaired) electrons. The quantitative estimate of drug-likeness (QED) is 0.837. The first-order chi connectivity index (χ1) is 9.75. The highest BCUT2D eigenvalue weighted by atomic mass is 35.5. The third kappa shape index (κ3) is 2.97. The number of nitrogens with zero attached hydrogens (tertiary/aromatic N) is 1. The van der Waals surface area contributed by atoms with Crippen molar-refractivity contribution in [3.63, 3.8) is 0 Å². The summed E-state index contributed by atoms with van der Waals surface area (Å²) in [5.41, 5.74) is 1.39. The van der Waals surface area contributed by atoms with Gasteiger partial charge in [-0.3, -0.25) is 0 Å². The molecular weight excluding hydrogens is 276 g/mol. The summed E-state index contributed by atoms with van der Waals surface area (Å²) < 4.78 is 2.22. The Hall–Kier alpha value is -1.52. The summed E-state index contributed by atoms with van der Waals surface area (Å²) in [6.45, 7) is 2.06. The number of nitrogens with one attached hydrogen (secondary N) is 1. The summed E-state index contributed by atoms with van der Waals surface area (Å²) in [6, 6.07) is 7.86. The number of carboxylic acids is 1. The van der Waals surface area contributed by atoms with Gasteiger partial charge in [-0.15, -0.1) is 11.6 Å². The Bertz CT molecular complexity index is 589. The molecule has 1 aliphatic heterocycles. The lowest BCUT2D eigenvalue weighted by Crippen LogP contribution is -2.29. The molecule has 1 aromatic heterocycles. The Morgan fingerprint density at radius 3 is 2.65 bits per heavy atom. The molecule has 1 saturated heterocycles. The maximum Gasteiger partial charge on any atom is 0.335 e. The SMILES string of the molecule is CCl.O=C(O)c1ccc2ccn(C3CCNCC3)c2c1. The molecule has 0 unspecified atom stereocenters. The van der Waals surface area contributed by atoms with E-state index < -0.39 is 5.97 Å². The highest BCUT2D eigenvalue weighted by molar-refractivity contribution is 6.15. The number of aromatic carboxylic acids is 1. The normalized spacial score (nSPS) is 15.7. The van der Waals surface area contributed by atoms with Crippen molar-refractivity contribution in [3.8, 4) is 0 Å². The maximum atomic E-state index is 11.0. The van der Waals surface area contributed by atoms with Gasteiger partial charge in [-0.1, -0.05) is 6.07 Å².